The van der Waals surface area contributed by atoms with Crippen molar-refractivity contribution in [1.82, 2.24) is 30.0 Å². The lowest BCUT2D eigenvalue weighted by atomic mass is 10.0. The monoisotopic (exact) mass is 467 g/mol. The highest BCUT2D eigenvalue weighted by Crippen LogP contribution is 2.28. The van der Waals surface area contributed by atoms with Crippen LogP contribution in [-0.4, -0.2) is 43.1 Å². The highest BCUT2D eigenvalue weighted by atomic mass is 19.4. The van der Waals surface area contributed by atoms with E-state index < -0.39 is 12.0 Å². The summed E-state index contributed by atoms with van der Waals surface area (Å²) in [7, 11) is 0. The Labute approximate surface area is 194 Å². The second-order valence-electron chi connectivity index (χ2n) is 8.50. The third-order valence-corrected chi connectivity index (χ3v) is 5.99. The summed E-state index contributed by atoms with van der Waals surface area (Å²) in [5, 5.41) is 11.3. The number of likely N-dealkylation sites (tertiary alicyclic amines) is 1. The molecule has 0 aliphatic carbocycles. The smallest absolute Gasteiger partial charge is 0.377 e. The molecule has 3 aromatic heterocycles. The molecule has 176 valence electrons. The van der Waals surface area contributed by atoms with E-state index in [0.29, 0.717) is 12.2 Å². The summed E-state index contributed by atoms with van der Waals surface area (Å²) < 4.78 is 38.0. The Morgan fingerprint density at radius 2 is 1.74 bits per heavy atom. The van der Waals surface area contributed by atoms with E-state index in [1.807, 2.05) is 24.5 Å². The van der Waals surface area contributed by atoms with Gasteiger partial charge in [-0.3, -0.25) is 15.0 Å². The molecule has 0 saturated carbocycles. The number of hydrogen-bond donors (Lipinski definition) is 2. The number of hydrogen-bond acceptors (Lipinski definition) is 6. The molecule has 2 N–H and O–H groups in total. The highest BCUT2D eigenvalue weighted by Gasteiger charge is 2.34. The molecule has 1 saturated heterocycles. The highest BCUT2D eigenvalue weighted by molar-refractivity contribution is 5.86. The third kappa shape index (κ3) is 5.01. The summed E-state index contributed by atoms with van der Waals surface area (Å²) in [6, 6.07) is 8.20. The molecule has 0 amide bonds. The van der Waals surface area contributed by atoms with Crippen molar-refractivity contribution in [3.63, 3.8) is 0 Å². The average molecular weight is 467 g/mol. The fourth-order valence-corrected chi connectivity index (χ4v) is 4.24. The van der Waals surface area contributed by atoms with Crippen molar-refractivity contribution < 1.29 is 13.2 Å². The van der Waals surface area contributed by atoms with E-state index in [4.69, 9.17) is 0 Å². The summed E-state index contributed by atoms with van der Waals surface area (Å²) in [6.45, 7) is 3.50. The van der Waals surface area contributed by atoms with Gasteiger partial charge in [-0.1, -0.05) is 12.5 Å². The maximum Gasteiger partial charge on any atom is 0.451 e. The average Bonchev–Trinajstić information content (AvgIpc) is 3.25. The molecule has 4 aromatic rings. The van der Waals surface area contributed by atoms with Crippen molar-refractivity contribution >= 4 is 16.6 Å². The van der Waals surface area contributed by atoms with E-state index in [9.17, 15) is 13.2 Å². The van der Waals surface area contributed by atoms with Crippen LogP contribution in [0.4, 0.5) is 18.9 Å². The molecule has 4 heterocycles. The Morgan fingerprint density at radius 1 is 0.941 bits per heavy atom. The predicted molar refractivity (Wildman–Crippen MR) is 123 cm³/mol. The molecule has 10 heteroatoms. The Morgan fingerprint density at radius 3 is 2.50 bits per heavy atom. The second kappa shape index (κ2) is 9.38. The molecule has 1 fully saturated rings. The van der Waals surface area contributed by atoms with E-state index in [2.05, 4.69) is 47.5 Å². The van der Waals surface area contributed by atoms with E-state index >= 15 is 0 Å². The zero-order valence-corrected chi connectivity index (χ0v) is 18.4. The molecule has 5 rings (SSSR count). The van der Waals surface area contributed by atoms with Gasteiger partial charge in [0.05, 0.1) is 35.8 Å². The molecule has 0 unspecified atom stereocenters. The molecule has 1 aliphatic rings. The van der Waals surface area contributed by atoms with Gasteiger partial charge in [-0.15, -0.1) is 0 Å². The number of aromatic amines is 1. The van der Waals surface area contributed by atoms with Gasteiger partial charge in [0, 0.05) is 29.9 Å². The quantitative estimate of drug-likeness (QED) is 0.414. The maximum atomic E-state index is 12.7. The van der Waals surface area contributed by atoms with Crippen LogP contribution >= 0.6 is 0 Å². The SMILES string of the molecule is FC(F)(F)c1ncc(NCc2[nH]nc3ccc(-c4cncc(CN5CCCCC5)c4)cc23)cn1. The first kappa shape index (κ1) is 22.3. The summed E-state index contributed by atoms with van der Waals surface area (Å²) in [6.07, 6.45) is 5.28. The molecular formula is C24H24F3N7. The predicted octanol–water partition coefficient (Wildman–Crippen LogP) is 5.03. The van der Waals surface area contributed by atoms with Gasteiger partial charge >= 0.3 is 6.18 Å². The Bertz CT molecular complexity index is 1260. The van der Waals surface area contributed by atoms with Gasteiger partial charge in [0.25, 0.3) is 0 Å². The maximum absolute atomic E-state index is 12.7. The lowest BCUT2D eigenvalue weighted by molar-refractivity contribution is -0.144. The first-order valence-corrected chi connectivity index (χ1v) is 11.2. The molecule has 0 spiro atoms. The molecule has 7 nitrogen and oxygen atoms in total. The Balaban J connectivity index is 1.32. The van der Waals surface area contributed by atoms with Gasteiger partial charge in [-0.2, -0.15) is 18.3 Å². The van der Waals surface area contributed by atoms with E-state index in [1.165, 1.54) is 24.8 Å². The number of alkyl halides is 3. The summed E-state index contributed by atoms with van der Waals surface area (Å²) in [5.74, 6) is -1.16. The molecule has 0 atom stereocenters. The van der Waals surface area contributed by atoms with E-state index in [-0.39, 0.29) is 0 Å². The molecule has 1 aromatic carbocycles. The molecule has 0 bridgehead atoms. The van der Waals surface area contributed by atoms with Gasteiger partial charge in [-0.05, 0) is 55.3 Å². The number of nitrogens with zero attached hydrogens (tertiary/aromatic N) is 5. The number of anilines is 1. The van der Waals surface area contributed by atoms with Gasteiger partial charge in [0.1, 0.15) is 0 Å². The van der Waals surface area contributed by atoms with E-state index in [1.54, 1.807) is 0 Å². The number of halogens is 3. The molecule has 34 heavy (non-hydrogen) atoms. The normalized spacial score (nSPS) is 15.0. The first-order chi connectivity index (χ1) is 16.5. The summed E-state index contributed by atoms with van der Waals surface area (Å²) >= 11 is 0. The summed E-state index contributed by atoms with van der Waals surface area (Å²) in [5.41, 5.74) is 5.27. The minimum atomic E-state index is -4.56. The zero-order valence-electron chi connectivity index (χ0n) is 18.4. The topological polar surface area (TPSA) is 82.6 Å². The minimum absolute atomic E-state index is 0.335. The largest absolute Gasteiger partial charge is 0.451 e. The number of piperidine rings is 1. The number of nitrogens with one attached hydrogen (secondary N) is 2. The molecular weight excluding hydrogens is 443 g/mol. The van der Waals surface area contributed by atoms with Crippen LogP contribution in [0.15, 0.2) is 49.1 Å². The van der Waals surface area contributed by atoms with Crippen molar-refractivity contribution in [1.29, 1.82) is 0 Å². The molecule has 0 radical (unpaired) electrons. The van der Waals surface area contributed by atoms with Crippen LogP contribution in [0, 0.1) is 0 Å². The Hall–Kier alpha value is -3.53. The summed E-state index contributed by atoms with van der Waals surface area (Å²) in [4.78, 5) is 13.7. The van der Waals surface area contributed by atoms with Crippen LogP contribution in [0.3, 0.4) is 0 Å². The van der Waals surface area contributed by atoms with Crippen molar-refractivity contribution in [2.45, 2.75) is 38.5 Å². The number of fused-ring (bicyclic) bond motifs is 1. The van der Waals surface area contributed by atoms with Crippen LogP contribution in [0.1, 0.15) is 36.3 Å². The van der Waals surface area contributed by atoms with Crippen molar-refractivity contribution in [2.75, 3.05) is 18.4 Å². The lowest BCUT2D eigenvalue weighted by Crippen LogP contribution is -2.29. The fraction of sp³-hybridized carbons (Fsp3) is 0.333. The van der Waals surface area contributed by atoms with Gasteiger partial charge < -0.3 is 5.32 Å². The minimum Gasteiger partial charge on any atom is -0.377 e. The van der Waals surface area contributed by atoms with Gasteiger partial charge in [-0.25, -0.2) is 9.97 Å². The van der Waals surface area contributed by atoms with Crippen LogP contribution in [0.5, 0.6) is 0 Å². The number of benzene rings is 1. The van der Waals surface area contributed by atoms with Crippen LogP contribution < -0.4 is 5.32 Å². The number of aromatic nitrogens is 5. The Kier molecular flexibility index (Phi) is 6.14. The lowest BCUT2D eigenvalue weighted by Gasteiger charge is -2.26. The number of rotatable bonds is 6. The van der Waals surface area contributed by atoms with Crippen LogP contribution in [0.2, 0.25) is 0 Å². The van der Waals surface area contributed by atoms with Crippen LogP contribution in [-0.2, 0) is 19.3 Å². The van der Waals surface area contributed by atoms with Crippen molar-refractivity contribution in [2.24, 2.45) is 0 Å². The third-order valence-electron chi connectivity index (χ3n) is 5.99. The number of H-pyrrole nitrogens is 1. The fourth-order valence-electron chi connectivity index (χ4n) is 4.24. The van der Waals surface area contributed by atoms with Gasteiger partial charge in [0.2, 0.25) is 5.82 Å². The molecule has 1 aliphatic heterocycles. The number of pyridine rings is 1. The van der Waals surface area contributed by atoms with Gasteiger partial charge in [0.15, 0.2) is 0 Å². The van der Waals surface area contributed by atoms with E-state index in [0.717, 1.165) is 59.8 Å². The van der Waals surface area contributed by atoms with Crippen molar-refractivity contribution in [3.05, 3.63) is 66.1 Å². The first-order valence-electron chi connectivity index (χ1n) is 11.2. The van der Waals surface area contributed by atoms with Crippen LogP contribution in [0.25, 0.3) is 22.0 Å². The standard InChI is InChI=1S/C24H24F3N7/c25-24(26,27)23-30-12-19(13-31-23)29-14-22-20-9-17(4-5-21(20)32-33-22)18-8-16(10-28-11-18)15-34-6-2-1-3-7-34/h4-5,8-13,29H,1-3,6-7,14-15H2,(H,32,33). The zero-order chi connectivity index (χ0) is 23.5. The second-order valence-corrected chi connectivity index (χ2v) is 8.50. The van der Waals surface area contributed by atoms with Crippen molar-refractivity contribution in [3.8, 4) is 11.1 Å².